The molecule has 0 fully saturated rings. The van der Waals surface area contributed by atoms with E-state index in [0.717, 1.165) is 5.76 Å². The highest BCUT2D eigenvalue weighted by Crippen LogP contribution is 2.05. The highest BCUT2D eigenvalue weighted by molar-refractivity contribution is 5.24. The monoisotopic (exact) mass is 136 g/mol. The fourth-order valence-corrected chi connectivity index (χ4v) is 0.865. The quantitative estimate of drug-likeness (QED) is 0.497. The average Bonchev–Trinajstić information content (AvgIpc) is 1.83. The zero-order valence-electron chi connectivity index (χ0n) is 6.42. The normalized spacial score (nSPS) is 31.8. The van der Waals surface area contributed by atoms with E-state index < -0.39 is 0 Å². The van der Waals surface area contributed by atoms with E-state index in [9.17, 15) is 0 Å². The van der Waals surface area contributed by atoms with Gasteiger partial charge in [0.1, 0.15) is 6.61 Å². The van der Waals surface area contributed by atoms with Gasteiger partial charge in [-0.2, -0.15) is 0 Å². The molecule has 1 heterocycles. The number of hydrogen-bond donors (Lipinski definition) is 0. The lowest BCUT2D eigenvalue weighted by Crippen LogP contribution is -1.90. The van der Waals surface area contributed by atoms with Gasteiger partial charge in [-0.3, -0.25) is 0 Å². The molecule has 0 atom stereocenters. The van der Waals surface area contributed by atoms with Crippen molar-refractivity contribution in [2.45, 2.75) is 13.8 Å². The van der Waals surface area contributed by atoms with Gasteiger partial charge in [0.25, 0.3) is 0 Å². The van der Waals surface area contributed by atoms with E-state index in [-0.39, 0.29) is 0 Å². The molecule has 54 valence electrons. The van der Waals surface area contributed by atoms with E-state index in [1.807, 2.05) is 25.2 Å². The fourth-order valence-electron chi connectivity index (χ4n) is 0.865. The van der Waals surface area contributed by atoms with Gasteiger partial charge >= 0.3 is 0 Å². The van der Waals surface area contributed by atoms with Crippen LogP contribution in [0.3, 0.4) is 0 Å². The largest absolute Gasteiger partial charge is 0.494 e. The minimum Gasteiger partial charge on any atom is -0.494 e. The van der Waals surface area contributed by atoms with Crippen LogP contribution in [0.25, 0.3) is 0 Å². The molecule has 1 heteroatoms. The summed E-state index contributed by atoms with van der Waals surface area (Å²) in [6, 6.07) is 0. The van der Waals surface area contributed by atoms with Crippen LogP contribution in [-0.2, 0) is 4.74 Å². The summed E-state index contributed by atoms with van der Waals surface area (Å²) in [5.41, 5.74) is 1.23. The van der Waals surface area contributed by atoms with Crippen molar-refractivity contribution >= 4 is 0 Å². The molecule has 1 nitrogen and oxygen atoms in total. The zero-order valence-corrected chi connectivity index (χ0v) is 6.42. The van der Waals surface area contributed by atoms with Gasteiger partial charge in [-0.05, 0) is 31.6 Å². The van der Waals surface area contributed by atoms with Crippen molar-refractivity contribution in [2.75, 3.05) is 6.61 Å². The third kappa shape index (κ3) is 2.09. The van der Waals surface area contributed by atoms with Gasteiger partial charge < -0.3 is 4.74 Å². The first kappa shape index (κ1) is 7.13. The molecular formula is C9H12O. The molecule has 0 saturated heterocycles. The first-order valence-electron chi connectivity index (χ1n) is 3.43. The van der Waals surface area contributed by atoms with Crippen molar-refractivity contribution < 1.29 is 4.74 Å². The molecule has 0 aromatic carbocycles. The van der Waals surface area contributed by atoms with Crippen molar-refractivity contribution in [1.29, 1.82) is 0 Å². The maximum absolute atomic E-state index is 5.29. The maximum atomic E-state index is 5.29. The second-order valence-corrected chi connectivity index (χ2v) is 2.40. The SMILES string of the molecule is CC1=C/C=C\CO\C(C)=C\1. The Balaban J connectivity index is 2.77. The summed E-state index contributed by atoms with van der Waals surface area (Å²) in [7, 11) is 0. The summed E-state index contributed by atoms with van der Waals surface area (Å²) in [5.74, 6) is 0.984. The third-order valence-electron chi connectivity index (χ3n) is 1.33. The van der Waals surface area contributed by atoms with Crippen LogP contribution in [0.4, 0.5) is 0 Å². The van der Waals surface area contributed by atoms with Crippen LogP contribution >= 0.6 is 0 Å². The Bertz CT molecular complexity index is 197. The summed E-state index contributed by atoms with van der Waals surface area (Å²) in [5, 5.41) is 0. The predicted molar refractivity (Wildman–Crippen MR) is 42.6 cm³/mol. The molecule has 1 aliphatic rings. The van der Waals surface area contributed by atoms with E-state index in [4.69, 9.17) is 4.74 Å². The topological polar surface area (TPSA) is 9.23 Å². The minimum absolute atomic E-state index is 0.687. The first-order valence-corrected chi connectivity index (χ1v) is 3.43. The Labute approximate surface area is 61.7 Å². The lowest BCUT2D eigenvalue weighted by Gasteiger charge is -2.04. The van der Waals surface area contributed by atoms with E-state index in [1.165, 1.54) is 5.57 Å². The first-order chi connectivity index (χ1) is 4.79. The highest BCUT2D eigenvalue weighted by atomic mass is 16.5. The summed E-state index contributed by atoms with van der Waals surface area (Å²) in [6.07, 6.45) is 8.12. The average molecular weight is 136 g/mol. The van der Waals surface area contributed by atoms with Crippen LogP contribution in [0.1, 0.15) is 13.8 Å². The molecule has 0 bridgehead atoms. The second-order valence-electron chi connectivity index (χ2n) is 2.40. The van der Waals surface area contributed by atoms with Gasteiger partial charge in [-0.25, -0.2) is 0 Å². The Morgan fingerprint density at radius 1 is 1.40 bits per heavy atom. The second kappa shape index (κ2) is 3.25. The molecule has 0 aromatic heterocycles. The van der Waals surface area contributed by atoms with Crippen molar-refractivity contribution in [3.05, 3.63) is 35.6 Å². The Morgan fingerprint density at radius 3 is 3.00 bits per heavy atom. The standard InChI is InChI=1S/C9H12O/c1-8-5-3-4-6-10-9(2)7-8/h3-5,7H,6H2,1-2H3/b4-3-,8-5-,9-7+. The Kier molecular flexibility index (Phi) is 2.32. The van der Waals surface area contributed by atoms with E-state index >= 15 is 0 Å². The molecule has 0 amide bonds. The molecule has 0 radical (unpaired) electrons. The molecule has 0 saturated carbocycles. The summed E-state index contributed by atoms with van der Waals surface area (Å²) in [6.45, 7) is 4.71. The molecule has 0 unspecified atom stereocenters. The van der Waals surface area contributed by atoms with E-state index in [1.54, 1.807) is 0 Å². The van der Waals surface area contributed by atoms with Gasteiger partial charge in [0.2, 0.25) is 0 Å². The summed E-state index contributed by atoms with van der Waals surface area (Å²) >= 11 is 0. The van der Waals surface area contributed by atoms with Crippen LogP contribution in [0.15, 0.2) is 35.6 Å². The van der Waals surface area contributed by atoms with Crippen LogP contribution in [0.5, 0.6) is 0 Å². The van der Waals surface area contributed by atoms with Crippen LogP contribution in [0.2, 0.25) is 0 Å². The summed E-state index contributed by atoms with van der Waals surface area (Å²) < 4.78 is 5.29. The van der Waals surface area contributed by atoms with Crippen molar-refractivity contribution in [1.82, 2.24) is 0 Å². The van der Waals surface area contributed by atoms with Gasteiger partial charge in [0.15, 0.2) is 0 Å². The van der Waals surface area contributed by atoms with Crippen molar-refractivity contribution in [3.63, 3.8) is 0 Å². The van der Waals surface area contributed by atoms with E-state index in [0.29, 0.717) is 6.61 Å². The zero-order chi connectivity index (χ0) is 7.40. The van der Waals surface area contributed by atoms with Crippen molar-refractivity contribution in [2.24, 2.45) is 0 Å². The van der Waals surface area contributed by atoms with Gasteiger partial charge in [0.05, 0.1) is 5.76 Å². The number of ether oxygens (including phenoxy) is 1. The predicted octanol–water partition coefficient (Wildman–Crippen LogP) is 2.42. The number of hydrogen-bond acceptors (Lipinski definition) is 1. The Morgan fingerprint density at radius 2 is 2.20 bits per heavy atom. The maximum Gasteiger partial charge on any atom is 0.106 e. The van der Waals surface area contributed by atoms with Crippen LogP contribution in [-0.4, -0.2) is 6.61 Å². The van der Waals surface area contributed by atoms with Crippen molar-refractivity contribution in [3.8, 4) is 0 Å². The lowest BCUT2D eigenvalue weighted by atomic mass is 10.2. The molecule has 0 aliphatic carbocycles. The van der Waals surface area contributed by atoms with E-state index in [2.05, 4.69) is 13.0 Å². The smallest absolute Gasteiger partial charge is 0.106 e. The lowest BCUT2D eigenvalue weighted by molar-refractivity contribution is 0.249. The number of allylic oxidation sites excluding steroid dienone is 5. The molecule has 0 aromatic rings. The third-order valence-corrected chi connectivity index (χ3v) is 1.33. The van der Waals surface area contributed by atoms with Crippen LogP contribution in [0, 0.1) is 0 Å². The van der Waals surface area contributed by atoms with Gasteiger partial charge in [-0.15, -0.1) is 0 Å². The molecule has 1 aliphatic heterocycles. The van der Waals surface area contributed by atoms with Gasteiger partial charge in [-0.1, -0.05) is 12.2 Å². The molecule has 10 heavy (non-hydrogen) atoms. The Hall–Kier alpha value is -0.980. The molecule has 1 rings (SSSR count). The minimum atomic E-state index is 0.687. The number of rotatable bonds is 0. The molecular weight excluding hydrogens is 124 g/mol. The van der Waals surface area contributed by atoms with Gasteiger partial charge in [0, 0.05) is 0 Å². The molecule has 0 N–H and O–H groups in total. The molecule has 0 spiro atoms. The van der Waals surface area contributed by atoms with Crippen LogP contribution < -0.4 is 0 Å². The highest BCUT2D eigenvalue weighted by Gasteiger charge is 1.90. The summed E-state index contributed by atoms with van der Waals surface area (Å²) in [4.78, 5) is 0. The fraction of sp³-hybridized carbons (Fsp3) is 0.333.